The molecular formula is C14H18F2N2O2. The Hall–Kier alpha value is -1.53. The molecule has 0 unspecified atom stereocenters. The molecule has 2 rings (SSSR count). The van der Waals surface area contributed by atoms with Gasteiger partial charge in [-0.15, -0.1) is 0 Å². The molecule has 0 spiro atoms. The normalized spacial score (nSPS) is 15.2. The molecule has 1 aliphatic carbocycles. The molecule has 110 valence electrons. The summed E-state index contributed by atoms with van der Waals surface area (Å²) in [6.07, 6.45) is 3.12. The topological polar surface area (TPSA) is 52.6 Å². The van der Waals surface area contributed by atoms with Crippen molar-refractivity contribution in [1.82, 2.24) is 4.90 Å². The lowest BCUT2D eigenvalue weighted by Gasteiger charge is -2.36. The molecule has 0 saturated heterocycles. The molecule has 0 radical (unpaired) electrons. The van der Waals surface area contributed by atoms with E-state index < -0.39 is 17.5 Å². The summed E-state index contributed by atoms with van der Waals surface area (Å²) in [7, 11) is 0. The monoisotopic (exact) mass is 284 g/mol. The van der Waals surface area contributed by atoms with E-state index in [1.807, 2.05) is 4.90 Å². The molecule has 0 aromatic heterocycles. The SMILES string of the molecule is O=C(CN(CCO)C1CCC1)Nc1cc(F)ccc1F. The molecule has 1 fully saturated rings. The predicted octanol–water partition coefficient (Wildman–Crippen LogP) is 1.75. The van der Waals surface area contributed by atoms with E-state index in [0.29, 0.717) is 12.6 Å². The smallest absolute Gasteiger partial charge is 0.238 e. The van der Waals surface area contributed by atoms with Crippen molar-refractivity contribution in [3.05, 3.63) is 29.8 Å². The maximum atomic E-state index is 13.4. The molecule has 0 aliphatic heterocycles. The molecule has 6 heteroatoms. The third-order valence-corrected chi connectivity index (χ3v) is 3.53. The van der Waals surface area contributed by atoms with Gasteiger partial charge in [0.1, 0.15) is 11.6 Å². The molecule has 1 aliphatic rings. The van der Waals surface area contributed by atoms with E-state index in [2.05, 4.69) is 5.32 Å². The van der Waals surface area contributed by atoms with Crippen molar-refractivity contribution in [1.29, 1.82) is 0 Å². The van der Waals surface area contributed by atoms with Gasteiger partial charge in [0.05, 0.1) is 18.8 Å². The summed E-state index contributed by atoms with van der Waals surface area (Å²) in [6, 6.07) is 3.22. The minimum Gasteiger partial charge on any atom is -0.395 e. The zero-order valence-corrected chi connectivity index (χ0v) is 11.1. The number of carbonyl (C=O) groups excluding carboxylic acids is 1. The summed E-state index contributed by atoms with van der Waals surface area (Å²) in [5.41, 5.74) is -0.160. The maximum absolute atomic E-state index is 13.4. The quantitative estimate of drug-likeness (QED) is 0.837. The number of halogens is 2. The van der Waals surface area contributed by atoms with Gasteiger partial charge in [0.25, 0.3) is 0 Å². The van der Waals surface area contributed by atoms with Gasteiger partial charge in [-0.05, 0) is 25.0 Å². The Balaban J connectivity index is 1.94. The van der Waals surface area contributed by atoms with Crippen molar-refractivity contribution < 1.29 is 18.7 Å². The van der Waals surface area contributed by atoms with Crippen LogP contribution < -0.4 is 5.32 Å². The van der Waals surface area contributed by atoms with Crippen LogP contribution in [0.15, 0.2) is 18.2 Å². The fraction of sp³-hybridized carbons (Fsp3) is 0.500. The molecule has 20 heavy (non-hydrogen) atoms. The van der Waals surface area contributed by atoms with Gasteiger partial charge in [-0.3, -0.25) is 9.69 Å². The van der Waals surface area contributed by atoms with Crippen LogP contribution in [0.25, 0.3) is 0 Å². The number of hydrogen-bond acceptors (Lipinski definition) is 3. The maximum Gasteiger partial charge on any atom is 0.238 e. The number of nitrogens with one attached hydrogen (secondary N) is 1. The first-order chi connectivity index (χ1) is 9.60. The highest BCUT2D eigenvalue weighted by molar-refractivity contribution is 5.92. The number of amides is 1. The molecule has 4 nitrogen and oxygen atoms in total. The first-order valence-corrected chi connectivity index (χ1v) is 6.70. The molecule has 0 atom stereocenters. The van der Waals surface area contributed by atoms with Crippen LogP contribution in [-0.4, -0.2) is 41.7 Å². The van der Waals surface area contributed by atoms with Crippen molar-refractivity contribution in [2.75, 3.05) is 25.0 Å². The van der Waals surface area contributed by atoms with Crippen molar-refractivity contribution in [2.45, 2.75) is 25.3 Å². The molecule has 0 heterocycles. The van der Waals surface area contributed by atoms with Crippen LogP contribution in [0.2, 0.25) is 0 Å². The highest BCUT2D eigenvalue weighted by Crippen LogP contribution is 2.24. The van der Waals surface area contributed by atoms with Gasteiger partial charge in [0.2, 0.25) is 5.91 Å². The number of benzene rings is 1. The second kappa shape index (κ2) is 6.76. The van der Waals surface area contributed by atoms with E-state index in [1.54, 1.807) is 0 Å². The number of anilines is 1. The second-order valence-electron chi connectivity index (χ2n) is 4.95. The van der Waals surface area contributed by atoms with Crippen LogP contribution in [0.1, 0.15) is 19.3 Å². The number of nitrogens with zero attached hydrogens (tertiary/aromatic N) is 1. The Bertz CT molecular complexity index is 478. The Kier molecular flexibility index (Phi) is 5.03. The summed E-state index contributed by atoms with van der Waals surface area (Å²) in [6.45, 7) is 0.447. The van der Waals surface area contributed by atoms with Crippen LogP contribution in [-0.2, 0) is 4.79 Å². The van der Waals surface area contributed by atoms with E-state index in [4.69, 9.17) is 5.11 Å². The van der Waals surface area contributed by atoms with E-state index in [0.717, 1.165) is 37.5 Å². The van der Waals surface area contributed by atoms with E-state index >= 15 is 0 Å². The Morgan fingerprint density at radius 2 is 2.15 bits per heavy atom. The molecular weight excluding hydrogens is 266 g/mol. The summed E-state index contributed by atoms with van der Waals surface area (Å²) in [5, 5.41) is 11.4. The minimum atomic E-state index is -0.669. The lowest BCUT2D eigenvalue weighted by atomic mass is 9.91. The van der Waals surface area contributed by atoms with Crippen molar-refractivity contribution >= 4 is 11.6 Å². The minimum absolute atomic E-state index is 0.0297. The second-order valence-corrected chi connectivity index (χ2v) is 4.95. The number of hydrogen-bond donors (Lipinski definition) is 2. The molecule has 1 amide bonds. The average Bonchev–Trinajstić information content (AvgIpc) is 2.32. The molecule has 2 N–H and O–H groups in total. The van der Waals surface area contributed by atoms with Gasteiger partial charge < -0.3 is 10.4 Å². The van der Waals surface area contributed by atoms with Gasteiger partial charge in [0, 0.05) is 18.7 Å². The number of aliphatic hydroxyl groups is 1. The van der Waals surface area contributed by atoms with Crippen LogP contribution in [0.4, 0.5) is 14.5 Å². The lowest BCUT2D eigenvalue weighted by molar-refractivity contribution is -0.118. The third-order valence-electron chi connectivity index (χ3n) is 3.53. The van der Waals surface area contributed by atoms with Crippen LogP contribution >= 0.6 is 0 Å². The van der Waals surface area contributed by atoms with Gasteiger partial charge in [-0.25, -0.2) is 8.78 Å². The molecule has 0 bridgehead atoms. The van der Waals surface area contributed by atoms with E-state index in [-0.39, 0.29) is 18.8 Å². The Morgan fingerprint density at radius 3 is 2.75 bits per heavy atom. The van der Waals surface area contributed by atoms with Crippen LogP contribution in [0.3, 0.4) is 0 Å². The Morgan fingerprint density at radius 1 is 1.40 bits per heavy atom. The summed E-state index contributed by atoms with van der Waals surface area (Å²) in [5.74, 6) is -1.68. The van der Waals surface area contributed by atoms with Crippen molar-refractivity contribution in [3.63, 3.8) is 0 Å². The van der Waals surface area contributed by atoms with Gasteiger partial charge >= 0.3 is 0 Å². The zero-order chi connectivity index (χ0) is 14.5. The standard InChI is InChI=1S/C14H18F2N2O2/c15-10-4-5-12(16)13(8-10)17-14(20)9-18(6-7-19)11-2-1-3-11/h4-5,8,11,19H,1-3,6-7,9H2,(H,17,20). The fourth-order valence-electron chi connectivity index (χ4n) is 2.24. The summed E-state index contributed by atoms with van der Waals surface area (Å²) < 4.78 is 26.4. The van der Waals surface area contributed by atoms with Gasteiger partial charge in [-0.2, -0.15) is 0 Å². The van der Waals surface area contributed by atoms with Crippen LogP contribution in [0.5, 0.6) is 0 Å². The number of carbonyl (C=O) groups is 1. The van der Waals surface area contributed by atoms with Gasteiger partial charge in [-0.1, -0.05) is 6.42 Å². The highest BCUT2D eigenvalue weighted by Gasteiger charge is 2.26. The zero-order valence-electron chi connectivity index (χ0n) is 11.1. The van der Waals surface area contributed by atoms with Crippen molar-refractivity contribution in [2.24, 2.45) is 0 Å². The largest absolute Gasteiger partial charge is 0.395 e. The average molecular weight is 284 g/mol. The first-order valence-electron chi connectivity index (χ1n) is 6.70. The van der Waals surface area contributed by atoms with Crippen LogP contribution in [0, 0.1) is 11.6 Å². The summed E-state index contributed by atoms with van der Waals surface area (Å²) >= 11 is 0. The summed E-state index contributed by atoms with van der Waals surface area (Å²) in [4.78, 5) is 13.8. The lowest BCUT2D eigenvalue weighted by Crippen LogP contribution is -2.45. The fourth-order valence-corrected chi connectivity index (χ4v) is 2.24. The molecule has 1 aromatic rings. The predicted molar refractivity (Wildman–Crippen MR) is 71.3 cm³/mol. The van der Waals surface area contributed by atoms with Crippen molar-refractivity contribution in [3.8, 4) is 0 Å². The highest BCUT2D eigenvalue weighted by atomic mass is 19.1. The van der Waals surface area contributed by atoms with Gasteiger partial charge in [0.15, 0.2) is 0 Å². The molecule has 1 saturated carbocycles. The molecule has 1 aromatic carbocycles. The van der Waals surface area contributed by atoms with E-state index in [1.165, 1.54) is 0 Å². The third kappa shape index (κ3) is 3.74. The number of aliphatic hydroxyl groups excluding tert-OH is 1. The first kappa shape index (κ1) is 14.9. The number of rotatable bonds is 6. The Labute approximate surface area is 116 Å². The van der Waals surface area contributed by atoms with E-state index in [9.17, 15) is 13.6 Å².